The quantitative estimate of drug-likeness (QED) is 0.745. The Kier molecular flexibility index (Phi) is 4.42. The number of rotatable bonds is 4. The Balaban J connectivity index is 2.16. The summed E-state index contributed by atoms with van der Waals surface area (Å²) in [6, 6.07) is 10.3. The molecule has 0 aliphatic heterocycles. The van der Waals surface area contributed by atoms with Crippen molar-refractivity contribution in [3.8, 4) is 0 Å². The largest absolute Gasteiger partial charge is 0.446 e. The molecule has 1 heterocycles. The molecule has 1 N–H and O–H groups in total. The van der Waals surface area contributed by atoms with Gasteiger partial charge in [0.25, 0.3) is 0 Å². The van der Waals surface area contributed by atoms with Crippen molar-refractivity contribution >= 4 is 28.8 Å². The molecule has 0 aliphatic carbocycles. The highest BCUT2D eigenvalue weighted by Crippen LogP contribution is 2.41. The van der Waals surface area contributed by atoms with E-state index in [1.807, 2.05) is 24.4 Å². The van der Waals surface area contributed by atoms with E-state index in [0.717, 1.165) is 4.88 Å². The third-order valence-electron chi connectivity index (χ3n) is 2.45. The molecule has 0 fully saturated rings. The molecule has 2 rings (SSSR count). The molecule has 0 spiro atoms. The zero-order chi connectivity index (χ0) is 13.9. The molecule has 1 aromatic carbocycles. The van der Waals surface area contributed by atoms with Gasteiger partial charge in [-0.15, -0.1) is 11.3 Å². The summed E-state index contributed by atoms with van der Waals surface area (Å²) in [6.45, 7) is 1.93. The lowest BCUT2D eigenvalue weighted by molar-refractivity contribution is -0.0327. The first-order chi connectivity index (χ1) is 8.96. The summed E-state index contributed by atoms with van der Waals surface area (Å²) in [5, 5.41) is 5.07. The first-order valence-corrected chi connectivity index (χ1v) is 7.30. The van der Waals surface area contributed by atoms with Crippen LogP contribution in [-0.2, 0) is 0 Å². The summed E-state index contributed by atoms with van der Waals surface area (Å²) in [5.74, 6) is 0. The van der Waals surface area contributed by atoms with E-state index < -0.39 is 5.51 Å². The van der Waals surface area contributed by atoms with Gasteiger partial charge in [0.05, 0.1) is 6.04 Å². The Labute approximate surface area is 117 Å². The Bertz CT molecular complexity index is 523. The third kappa shape index (κ3) is 4.18. The van der Waals surface area contributed by atoms with E-state index in [-0.39, 0.29) is 22.7 Å². The van der Waals surface area contributed by atoms with Gasteiger partial charge in [0.15, 0.2) is 0 Å². The first-order valence-electron chi connectivity index (χ1n) is 5.60. The van der Waals surface area contributed by atoms with Crippen molar-refractivity contribution in [2.75, 3.05) is 5.32 Å². The molecule has 2 aromatic rings. The van der Waals surface area contributed by atoms with E-state index in [9.17, 15) is 13.2 Å². The average Bonchev–Trinajstić information content (AvgIpc) is 2.83. The van der Waals surface area contributed by atoms with Crippen molar-refractivity contribution in [3.05, 3.63) is 46.7 Å². The maximum absolute atomic E-state index is 12.5. The molecule has 0 radical (unpaired) electrons. The number of benzene rings is 1. The topological polar surface area (TPSA) is 12.0 Å². The van der Waals surface area contributed by atoms with Crippen LogP contribution in [0.3, 0.4) is 0 Å². The third-order valence-corrected chi connectivity index (χ3v) is 4.32. The molecule has 102 valence electrons. The summed E-state index contributed by atoms with van der Waals surface area (Å²) in [6.07, 6.45) is 0. The van der Waals surface area contributed by atoms with E-state index in [4.69, 9.17) is 0 Å². The van der Waals surface area contributed by atoms with E-state index >= 15 is 0 Å². The molecule has 0 saturated carbocycles. The molecule has 6 heteroatoms. The summed E-state index contributed by atoms with van der Waals surface area (Å²) in [5.41, 5.74) is -3.77. The fraction of sp³-hybridized carbons (Fsp3) is 0.231. The Morgan fingerprint density at radius 2 is 1.89 bits per heavy atom. The van der Waals surface area contributed by atoms with E-state index in [2.05, 4.69) is 5.32 Å². The molecule has 1 atom stereocenters. The lowest BCUT2D eigenvalue weighted by atomic mass is 10.2. The van der Waals surface area contributed by atoms with Crippen LogP contribution < -0.4 is 5.32 Å². The van der Waals surface area contributed by atoms with Gasteiger partial charge in [0, 0.05) is 15.5 Å². The van der Waals surface area contributed by atoms with Crippen LogP contribution in [0, 0.1) is 0 Å². The van der Waals surface area contributed by atoms with Gasteiger partial charge in [-0.3, -0.25) is 0 Å². The number of hydrogen-bond acceptors (Lipinski definition) is 3. The minimum atomic E-state index is -4.27. The second-order valence-corrected chi connectivity index (χ2v) is 6.01. The Morgan fingerprint density at radius 1 is 1.16 bits per heavy atom. The maximum Gasteiger partial charge on any atom is 0.446 e. The number of hydrogen-bond donors (Lipinski definition) is 1. The van der Waals surface area contributed by atoms with Crippen LogP contribution in [0.1, 0.15) is 17.8 Å². The minimum Gasteiger partial charge on any atom is -0.377 e. The molecular weight excluding hydrogens is 291 g/mol. The van der Waals surface area contributed by atoms with Crippen molar-refractivity contribution in [2.45, 2.75) is 23.4 Å². The molecule has 1 aromatic heterocycles. The predicted molar refractivity (Wildman–Crippen MR) is 74.7 cm³/mol. The molecule has 1 unspecified atom stereocenters. The number of halogens is 3. The summed E-state index contributed by atoms with van der Waals surface area (Å²) >= 11 is 1.49. The fourth-order valence-electron chi connectivity index (χ4n) is 1.64. The van der Waals surface area contributed by atoms with Crippen LogP contribution in [0.5, 0.6) is 0 Å². The van der Waals surface area contributed by atoms with Gasteiger partial charge in [0.2, 0.25) is 0 Å². The number of nitrogens with one attached hydrogen (secondary N) is 1. The number of para-hydroxylation sites is 1. The van der Waals surface area contributed by atoms with Gasteiger partial charge < -0.3 is 5.32 Å². The number of anilines is 1. The zero-order valence-corrected chi connectivity index (χ0v) is 11.7. The molecule has 0 saturated heterocycles. The second-order valence-electron chi connectivity index (χ2n) is 3.93. The van der Waals surface area contributed by atoms with Gasteiger partial charge in [-0.1, -0.05) is 18.2 Å². The van der Waals surface area contributed by atoms with Gasteiger partial charge >= 0.3 is 5.51 Å². The van der Waals surface area contributed by atoms with Crippen LogP contribution in [0.2, 0.25) is 0 Å². The summed E-state index contributed by atoms with van der Waals surface area (Å²) in [7, 11) is 0. The van der Waals surface area contributed by atoms with Crippen molar-refractivity contribution in [1.29, 1.82) is 0 Å². The highest BCUT2D eigenvalue weighted by atomic mass is 32.2. The molecule has 19 heavy (non-hydrogen) atoms. The van der Waals surface area contributed by atoms with Crippen LogP contribution >= 0.6 is 23.1 Å². The molecular formula is C13H12F3NS2. The molecule has 0 aliphatic rings. The van der Waals surface area contributed by atoms with Crippen molar-refractivity contribution in [2.24, 2.45) is 0 Å². The first kappa shape index (κ1) is 14.3. The lowest BCUT2D eigenvalue weighted by Gasteiger charge is -2.17. The number of alkyl halides is 3. The van der Waals surface area contributed by atoms with Crippen molar-refractivity contribution in [1.82, 2.24) is 0 Å². The SMILES string of the molecule is CC(Nc1ccccc1SC(F)(F)F)c1cccs1. The smallest absolute Gasteiger partial charge is 0.377 e. The number of thioether (sulfide) groups is 1. The van der Waals surface area contributed by atoms with Gasteiger partial charge in [-0.25, -0.2) is 0 Å². The Hall–Kier alpha value is -1.14. The van der Waals surface area contributed by atoms with Gasteiger partial charge in [-0.2, -0.15) is 13.2 Å². The normalized spacial score (nSPS) is 13.3. The Morgan fingerprint density at radius 3 is 2.53 bits per heavy atom. The zero-order valence-electron chi connectivity index (χ0n) is 10.1. The van der Waals surface area contributed by atoms with Crippen LogP contribution in [0.15, 0.2) is 46.7 Å². The van der Waals surface area contributed by atoms with E-state index in [0.29, 0.717) is 5.69 Å². The highest BCUT2D eigenvalue weighted by molar-refractivity contribution is 8.00. The maximum atomic E-state index is 12.5. The lowest BCUT2D eigenvalue weighted by Crippen LogP contribution is -2.07. The second kappa shape index (κ2) is 5.88. The molecule has 0 bridgehead atoms. The highest BCUT2D eigenvalue weighted by Gasteiger charge is 2.30. The minimum absolute atomic E-state index is 0.0185. The predicted octanol–water partition coefficient (Wildman–Crippen LogP) is 5.53. The summed E-state index contributed by atoms with van der Waals surface area (Å²) in [4.78, 5) is 1.28. The van der Waals surface area contributed by atoms with Crippen LogP contribution in [-0.4, -0.2) is 5.51 Å². The van der Waals surface area contributed by atoms with Crippen LogP contribution in [0.4, 0.5) is 18.9 Å². The fourth-order valence-corrected chi connectivity index (χ4v) is 3.01. The van der Waals surface area contributed by atoms with Crippen molar-refractivity contribution < 1.29 is 13.2 Å². The van der Waals surface area contributed by atoms with Gasteiger partial charge in [0.1, 0.15) is 0 Å². The van der Waals surface area contributed by atoms with Crippen molar-refractivity contribution in [3.63, 3.8) is 0 Å². The van der Waals surface area contributed by atoms with Gasteiger partial charge in [-0.05, 0) is 42.3 Å². The van der Waals surface area contributed by atoms with Crippen LogP contribution in [0.25, 0.3) is 0 Å². The monoisotopic (exact) mass is 303 g/mol. The van der Waals surface area contributed by atoms with E-state index in [1.54, 1.807) is 29.5 Å². The van der Waals surface area contributed by atoms with E-state index in [1.165, 1.54) is 6.07 Å². The molecule has 0 amide bonds. The number of thiophene rings is 1. The average molecular weight is 303 g/mol. The molecule has 1 nitrogen and oxygen atoms in total. The summed E-state index contributed by atoms with van der Waals surface area (Å²) < 4.78 is 37.4. The standard InChI is InChI=1S/C13H12F3NS2/c1-9(11-7-4-8-18-11)17-10-5-2-3-6-12(10)19-13(14,15)16/h2-9,17H,1H3.